The lowest BCUT2D eigenvalue weighted by molar-refractivity contribution is 0.0736. The molecule has 4 heteroatoms. The number of nitrogens with zero attached hydrogens (tertiary/aromatic N) is 1. The number of hydrogen-bond acceptors (Lipinski definition) is 3. The van der Waals surface area contributed by atoms with Crippen molar-refractivity contribution in [3.63, 3.8) is 0 Å². The molecule has 0 fully saturated rings. The summed E-state index contributed by atoms with van der Waals surface area (Å²) < 4.78 is 5.29. The average molecular weight is 345 g/mol. The fourth-order valence-electron chi connectivity index (χ4n) is 3.90. The number of fused-ring (bicyclic) bond motifs is 1. The van der Waals surface area contributed by atoms with Crippen LogP contribution in [0.2, 0.25) is 0 Å². The summed E-state index contributed by atoms with van der Waals surface area (Å²) in [7, 11) is 3.45. The zero-order chi connectivity index (χ0) is 18.3. The third-order valence-corrected chi connectivity index (χ3v) is 5.15. The van der Waals surface area contributed by atoms with E-state index >= 15 is 0 Å². The van der Waals surface area contributed by atoms with Crippen LogP contribution in [0.15, 0.2) is 72.8 Å². The van der Waals surface area contributed by atoms with Gasteiger partial charge in [-0.3, -0.25) is 4.79 Å². The lowest BCUT2D eigenvalue weighted by Crippen LogP contribution is -2.43. The molecule has 130 valence electrons. The fraction of sp³-hybridized carbons (Fsp3) is 0.136. The summed E-state index contributed by atoms with van der Waals surface area (Å²) in [6, 6.07) is 22.5. The highest BCUT2D eigenvalue weighted by atomic mass is 16.5. The zero-order valence-corrected chi connectivity index (χ0v) is 14.6. The first kappa shape index (κ1) is 16.2. The summed E-state index contributed by atoms with van der Waals surface area (Å²) in [6.07, 6.45) is 0. The van der Waals surface area contributed by atoms with Gasteiger partial charge in [-0.1, -0.05) is 42.5 Å². The van der Waals surface area contributed by atoms with Crippen molar-refractivity contribution < 1.29 is 14.6 Å². The number of benzene rings is 3. The van der Waals surface area contributed by atoms with E-state index in [0.717, 1.165) is 22.4 Å². The van der Waals surface area contributed by atoms with Gasteiger partial charge in [-0.05, 0) is 47.0 Å². The molecule has 0 saturated carbocycles. The summed E-state index contributed by atoms with van der Waals surface area (Å²) in [5, 5.41) is 9.74. The first-order valence-corrected chi connectivity index (χ1v) is 8.40. The van der Waals surface area contributed by atoms with Crippen LogP contribution in [0, 0.1) is 0 Å². The minimum absolute atomic E-state index is 0.0236. The van der Waals surface area contributed by atoms with Gasteiger partial charge < -0.3 is 14.7 Å². The molecule has 1 aliphatic rings. The number of carbonyl (C=O) groups is 1. The van der Waals surface area contributed by atoms with E-state index in [-0.39, 0.29) is 11.7 Å². The number of ether oxygens (including phenoxy) is 1. The van der Waals surface area contributed by atoms with Crippen LogP contribution in [-0.2, 0) is 5.54 Å². The Bertz CT molecular complexity index is 963. The van der Waals surface area contributed by atoms with Crippen molar-refractivity contribution in [3.8, 4) is 11.5 Å². The summed E-state index contributed by atoms with van der Waals surface area (Å²) in [5.41, 5.74) is 2.75. The monoisotopic (exact) mass is 345 g/mol. The number of rotatable bonds is 3. The second-order valence-corrected chi connectivity index (χ2v) is 6.40. The summed E-state index contributed by atoms with van der Waals surface area (Å²) in [6.45, 7) is 0. The maximum absolute atomic E-state index is 13.0. The Morgan fingerprint density at radius 1 is 0.885 bits per heavy atom. The van der Waals surface area contributed by atoms with Gasteiger partial charge >= 0.3 is 0 Å². The third-order valence-electron chi connectivity index (χ3n) is 5.15. The van der Waals surface area contributed by atoms with Gasteiger partial charge in [0.15, 0.2) is 0 Å². The summed E-state index contributed by atoms with van der Waals surface area (Å²) >= 11 is 0. The van der Waals surface area contributed by atoms with Crippen LogP contribution in [0.1, 0.15) is 27.0 Å². The van der Waals surface area contributed by atoms with Gasteiger partial charge in [0.05, 0.1) is 7.11 Å². The fourth-order valence-corrected chi connectivity index (χ4v) is 3.90. The predicted molar refractivity (Wildman–Crippen MR) is 99.5 cm³/mol. The number of methoxy groups -OCH3 is 1. The molecular weight excluding hydrogens is 326 g/mol. The van der Waals surface area contributed by atoms with E-state index in [1.807, 2.05) is 67.7 Å². The summed E-state index contributed by atoms with van der Waals surface area (Å²) in [5.74, 6) is 0.929. The predicted octanol–water partition coefficient (Wildman–Crippen LogP) is 3.78. The average Bonchev–Trinajstić information content (AvgIpc) is 2.91. The minimum Gasteiger partial charge on any atom is -0.508 e. The van der Waals surface area contributed by atoms with Crippen LogP contribution in [0.4, 0.5) is 0 Å². The molecular formula is C22H19NO3. The molecule has 0 saturated heterocycles. The normalized spacial score (nSPS) is 18.7. The Morgan fingerprint density at radius 3 is 2.08 bits per heavy atom. The number of phenols is 1. The Hall–Kier alpha value is -3.27. The van der Waals surface area contributed by atoms with Gasteiger partial charge in [-0.2, -0.15) is 0 Å². The number of phenolic OH excluding ortho intramolecular Hbond substituents is 1. The van der Waals surface area contributed by atoms with Crippen LogP contribution in [0.25, 0.3) is 0 Å². The Kier molecular flexibility index (Phi) is 3.69. The number of carbonyl (C=O) groups excluding carboxylic acids is 1. The van der Waals surface area contributed by atoms with E-state index in [1.54, 1.807) is 24.1 Å². The molecule has 1 N–H and O–H groups in total. The largest absolute Gasteiger partial charge is 0.508 e. The lowest BCUT2D eigenvalue weighted by Gasteiger charge is -2.38. The van der Waals surface area contributed by atoms with Gasteiger partial charge in [0.1, 0.15) is 17.0 Å². The molecule has 26 heavy (non-hydrogen) atoms. The SMILES string of the molecule is COc1ccc(C2(c3ccc(O)cc3)c3ccccc3C(=O)N2C)cc1. The van der Waals surface area contributed by atoms with Crippen molar-refractivity contribution in [2.45, 2.75) is 5.54 Å². The number of hydrogen-bond donors (Lipinski definition) is 1. The van der Waals surface area contributed by atoms with Gasteiger partial charge in [0, 0.05) is 12.6 Å². The van der Waals surface area contributed by atoms with Crippen molar-refractivity contribution in [3.05, 3.63) is 95.1 Å². The van der Waals surface area contributed by atoms with Crippen molar-refractivity contribution in [1.29, 1.82) is 0 Å². The van der Waals surface area contributed by atoms with Gasteiger partial charge in [0.2, 0.25) is 0 Å². The van der Waals surface area contributed by atoms with E-state index in [2.05, 4.69) is 0 Å². The van der Waals surface area contributed by atoms with Crippen LogP contribution in [0.3, 0.4) is 0 Å². The van der Waals surface area contributed by atoms with Crippen LogP contribution in [-0.4, -0.2) is 30.1 Å². The molecule has 4 rings (SSSR count). The maximum atomic E-state index is 13.0. The second-order valence-electron chi connectivity index (χ2n) is 6.40. The molecule has 4 nitrogen and oxygen atoms in total. The van der Waals surface area contributed by atoms with Crippen molar-refractivity contribution in [1.82, 2.24) is 4.90 Å². The molecule has 3 aromatic carbocycles. The molecule has 1 amide bonds. The number of aromatic hydroxyl groups is 1. The molecule has 0 aromatic heterocycles. The van der Waals surface area contributed by atoms with Gasteiger partial charge in [0.25, 0.3) is 5.91 Å². The smallest absolute Gasteiger partial charge is 0.255 e. The van der Waals surface area contributed by atoms with E-state index in [1.165, 1.54) is 0 Å². The molecule has 0 aliphatic carbocycles. The van der Waals surface area contributed by atoms with Gasteiger partial charge in [-0.15, -0.1) is 0 Å². The molecule has 1 atom stereocenters. The first-order chi connectivity index (χ1) is 12.6. The van der Waals surface area contributed by atoms with E-state index in [4.69, 9.17) is 4.74 Å². The highest BCUT2D eigenvalue weighted by Gasteiger charge is 2.50. The molecule has 0 spiro atoms. The quantitative estimate of drug-likeness (QED) is 0.786. The van der Waals surface area contributed by atoms with E-state index in [0.29, 0.717) is 5.56 Å². The zero-order valence-electron chi connectivity index (χ0n) is 14.6. The van der Waals surface area contributed by atoms with E-state index < -0.39 is 5.54 Å². The van der Waals surface area contributed by atoms with Gasteiger partial charge in [-0.25, -0.2) is 0 Å². The summed E-state index contributed by atoms with van der Waals surface area (Å²) in [4.78, 5) is 14.8. The van der Waals surface area contributed by atoms with Crippen molar-refractivity contribution in [2.75, 3.05) is 14.2 Å². The molecule has 0 bridgehead atoms. The number of amides is 1. The minimum atomic E-state index is -0.756. The Balaban J connectivity index is 2.05. The topological polar surface area (TPSA) is 49.8 Å². The second kappa shape index (κ2) is 5.92. The third kappa shape index (κ3) is 2.12. The lowest BCUT2D eigenvalue weighted by atomic mass is 9.77. The van der Waals surface area contributed by atoms with Crippen LogP contribution >= 0.6 is 0 Å². The first-order valence-electron chi connectivity index (χ1n) is 8.40. The molecule has 3 aromatic rings. The Morgan fingerprint density at radius 2 is 1.46 bits per heavy atom. The molecule has 1 aliphatic heterocycles. The van der Waals surface area contributed by atoms with Crippen LogP contribution < -0.4 is 4.74 Å². The standard InChI is InChI=1S/C22H19NO3/c1-23-21(25)19-5-3-4-6-20(19)22(23,15-7-11-17(24)12-8-15)16-9-13-18(26-2)14-10-16/h3-14,24H,1-2H3. The van der Waals surface area contributed by atoms with E-state index in [9.17, 15) is 9.90 Å². The van der Waals surface area contributed by atoms with Crippen molar-refractivity contribution in [2.24, 2.45) is 0 Å². The molecule has 1 unspecified atom stereocenters. The highest BCUT2D eigenvalue weighted by molar-refractivity contribution is 6.01. The highest BCUT2D eigenvalue weighted by Crippen LogP contribution is 2.48. The molecule has 1 heterocycles. The van der Waals surface area contributed by atoms with Crippen LogP contribution in [0.5, 0.6) is 11.5 Å². The van der Waals surface area contributed by atoms with Crippen molar-refractivity contribution >= 4 is 5.91 Å². The molecule has 0 radical (unpaired) electrons. The Labute approximate surface area is 152 Å². The maximum Gasteiger partial charge on any atom is 0.255 e.